The molecule has 1 aromatic heterocycles. The summed E-state index contributed by atoms with van der Waals surface area (Å²) in [7, 11) is 0. The number of aromatic nitrogens is 1. The summed E-state index contributed by atoms with van der Waals surface area (Å²) in [5, 5.41) is 10.7. The summed E-state index contributed by atoms with van der Waals surface area (Å²) in [5.41, 5.74) is 6.17. The molecule has 0 bridgehead atoms. The minimum absolute atomic E-state index is 0.0725. The molecule has 6 nitrogen and oxygen atoms in total. The van der Waals surface area contributed by atoms with Crippen molar-refractivity contribution < 1.29 is 4.92 Å². The Bertz CT molecular complexity index is 435. The summed E-state index contributed by atoms with van der Waals surface area (Å²) >= 11 is 0. The van der Waals surface area contributed by atoms with E-state index in [1.807, 2.05) is 0 Å². The second kappa shape index (κ2) is 4.67. The molecule has 1 atom stereocenters. The van der Waals surface area contributed by atoms with E-state index in [4.69, 9.17) is 5.73 Å². The molecule has 6 heteroatoms. The third-order valence-corrected chi connectivity index (χ3v) is 3.18. The first-order chi connectivity index (χ1) is 8.11. The summed E-state index contributed by atoms with van der Waals surface area (Å²) in [5.74, 6) is 1.32. The molecule has 17 heavy (non-hydrogen) atoms. The summed E-state index contributed by atoms with van der Waals surface area (Å²) in [6, 6.07) is 3.23. The van der Waals surface area contributed by atoms with Crippen LogP contribution in [0.25, 0.3) is 0 Å². The maximum absolute atomic E-state index is 10.7. The van der Waals surface area contributed by atoms with E-state index in [9.17, 15) is 10.1 Å². The lowest BCUT2D eigenvalue weighted by molar-refractivity contribution is -0.385. The van der Waals surface area contributed by atoms with E-state index >= 15 is 0 Å². The largest absolute Gasteiger partial charge is 0.356 e. The van der Waals surface area contributed by atoms with Crippen LogP contribution in [0.4, 0.5) is 11.5 Å². The van der Waals surface area contributed by atoms with E-state index in [0.29, 0.717) is 18.2 Å². The van der Waals surface area contributed by atoms with Crippen LogP contribution in [-0.2, 0) is 0 Å². The maximum atomic E-state index is 10.7. The number of aryl methyl sites for hydroxylation is 1. The molecule has 1 aromatic rings. The Labute approximate surface area is 99.6 Å². The molecule has 0 aliphatic carbocycles. The Morgan fingerprint density at radius 1 is 1.65 bits per heavy atom. The third kappa shape index (κ3) is 2.36. The smallest absolute Gasteiger partial charge is 0.290 e. The number of nitrogens with zero attached hydrogens (tertiary/aromatic N) is 3. The van der Waals surface area contributed by atoms with Crippen LogP contribution < -0.4 is 10.6 Å². The number of anilines is 1. The fraction of sp³-hybridized carbons (Fsp3) is 0.545. The average molecular weight is 236 g/mol. The highest BCUT2D eigenvalue weighted by atomic mass is 16.6. The number of nitrogens with two attached hydrogens (primary N) is 1. The van der Waals surface area contributed by atoms with Gasteiger partial charge in [-0.05, 0) is 31.9 Å². The minimum Gasteiger partial charge on any atom is -0.356 e. The molecule has 1 aliphatic heterocycles. The van der Waals surface area contributed by atoms with Crippen molar-refractivity contribution in [1.82, 2.24) is 4.98 Å². The Morgan fingerprint density at radius 2 is 2.41 bits per heavy atom. The number of rotatable bonds is 3. The van der Waals surface area contributed by atoms with Gasteiger partial charge in [-0.2, -0.15) is 0 Å². The predicted molar refractivity (Wildman–Crippen MR) is 65.0 cm³/mol. The molecule has 2 rings (SSSR count). The van der Waals surface area contributed by atoms with E-state index in [1.54, 1.807) is 13.0 Å². The van der Waals surface area contributed by atoms with Crippen LogP contribution in [0, 0.1) is 23.0 Å². The second-order valence-corrected chi connectivity index (χ2v) is 4.37. The van der Waals surface area contributed by atoms with Gasteiger partial charge in [0.05, 0.1) is 4.92 Å². The lowest BCUT2D eigenvalue weighted by atomic mass is 10.1. The van der Waals surface area contributed by atoms with E-state index in [-0.39, 0.29) is 5.69 Å². The maximum Gasteiger partial charge on any atom is 0.290 e. The summed E-state index contributed by atoms with van der Waals surface area (Å²) in [6.45, 7) is 4.16. The molecule has 0 radical (unpaired) electrons. The van der Waals surface area contributed by atoms with Gasteiger partial charge in [-0.15, -0.1) is 0 Å². The van der Waals surface area contributed by atoms with Gasteiger partial charge in [0, 0.05) is 19.2 Å². The summed E-state index contributed by atoms with van der Waals surface area (Å²) < 4.78 is 0. The van der Waals surface area contributed by atoms with E-state index in [1.165, 1.54) is 6.07 Å². The zero-order valence-corrected chi connectivity index (χ0v) is 9.80. The molecule has 0 amide bonds. The first-order valence-corrected chi connectivity index (χ1v) is 5.69. The van der Waals surface area contributed by atoms with Gasteiger partial charge >= 0.3 is 0 Å². The number of hydrogen-bond donors (Lipinski definition) is 1. The Hall–Kier alpha value is -1.69. The third-order valence-electron chi connectivity index (χ3n) is 3.18. The summed E-state index contributed by atoms with van der Waals surface area (Å²) in [6.07, 6.45) is 1.06. The molecule has 2 heterocycles. The van der Waals surface area contributed by atoms with Crippen LogP contribution in [0.5, 0.6) is 0 Å². The quantitative estimate of drug-likeness (QED) is 0.627. The van der Waals surface area contributed by atoms with Crippen molar-refractivity contribution in [3.63, 3.8) is 0 Å². The van der Waals surface area contributed by atoms with Crippen LogP contribution in [0.1, 0.15) is 12.1 Å². The van der Waals surface area contributed by atoms with Gasteiger partial charge in [-0.3, -0.25) is 10.1 Å². The Balaban J connectivity index is 2.18. The van der Waals surface area contributed by atoms with Crippen molar-refractivity contribution in [3.8, 4) is 0 Å². The molecular formula is C11H16N4O2. The zero-order valence-electron chi connectivity index (χ0n) is 9.80. The molecule has 0 spiro atoms. The molecule has 2 N–H and O–H groups in total. The van der Waals surface area contributed by atoms with E-state index in [2.05, 4.69) is 9.88 Å². The molecule has 0 saturated carbocycles. The van der Waals surface area contributed by atoms with Gasteiger partial charge in [0.2, 0.25) is 0 Å². The second-order valence-electron chi connectivity index (χ2n) is 4.37. The highest BCUT2D eigenvalue weighted by molar-refractivity contribution is 5.47. The molecule has 1 unspecified atom stereocenters. The van der Waals surface area contributed by atoms with Gasteiger partial charge in [-0.1, -0.05) is 0 Å². The molecule has 1 fully saturated rings. The van der Waals surface area contributed by atoms with Gasteiger partial charge in [-0.25, -0.2) is 4.98 Å². The fourth-order valence-electron chi connectivity index (χ4n) is 2.14. The van der Waals surface area contributed by atoms with Crippen molar-refractivity contribution in [3.05, 3.63) is 27.9 Å². The first kappa shape index (κ1) is 11.8. The first-order valence-electron chi connectivity index (χ1n) is 5.69. The van der Waals surface area contributed by atoms with Gasteiger partial charge in [0.1, 0.15) is 11.5 Å². The number of pyridine rings is 1. The van der Waals surface area contributed by atoms with Crippen molar-refractivity contribution in [1.29, 1.82) is 0 Å². The fourth-order valence-corrected chi connectivity index (χ4v) is 2.14. The highest BCUT2D eigenvalue weighted by Crippen LogP contribution is 2.24. The van der Waals surface area contributed by atoms with Gasteiger partial charge in [0.15, 0.2) is 0 Å². The van der Waals surface area contributed by atoms with Crippen LogP contribution in [0.2, 0.25) is 0 Å². The monoisotopic (exact) mass is 236 g/mol. The van der Waals surface area contributed by atoms with E-state index in [0.717, 1.165) is 25.3 Å². The van der Waals surface area contributed by atoms with Crippen LogP contribution in [0.3, 0.4) is 0 Å². The van der Waals surface area contributed by atoms with E-state index < -0.39 is 4.92 Å². The SMILES string of the molecule is Cc1nc(N2CCC(CN)C2)ccc1[N+](=O)[O-]. The standard InChI is InChI=1S/C11H16N4O2/c1-8-10(15(16)17)2-3-11(13-8)14-5-4-9(6-12)7-14/h2-3,9H,4-7,12H2,1H3. The number of hydrogen-bond acceptors (Lipinski definition) is 5. The van der Waals surface area contributed by atoms with Crippen molar-refractivity contribution in [2.75, 3.05) is 24.5 Å². The molecule has 0 aromatic carbocycles. The Kier molecular flexibility index (Phi) is 3.23. The minimum atomic E-state index is -0.404. The predicted octanol–water partition coefficient (Wildman–Crippen LogP) is 1.08. The Morgan fingerprint density at radius 3 is 2.94 bits per heavy atom. The lowest BCUT2D eigenvalue weighted by Gasteiger charge is -2.17. The van der Waals surface area contributed by atoms with Crippen LogP contribution in [0.15, 0.2) is 12.1 Å². The normalized spacial score (nSPS) is 19.6. The molecule has 92 valence electrons. The number of nitro groups is 1. The van der Waals surface area contributed by atoms with Gasteiger partial charge < -0.3 is 10.6 Å². The van der Waals surface area contributed by atoms with Crippen LogP contribution in [-0.4, -0.2) is 29.5 Å². The highest BCUT2D eigenvalue weighted by Gasteiger charge is 2.23. The van der Waals surface area contributed by atoms with Crippen molar-refractivity contribution in [2.45, 2.75) is 13.3 Å². The zero-order chi connectivity index (χ0) is 12.4. The van der Waals surface area contributed by atoms with Crippen LogP contribution >= 0.6 is 0 Å². The topological polar surface area (TPSA) is 85.3 Å². The van der Waals surface area contributed by atoms with Gasteiger partial charge in [0.25, 0.3) is 5.69 Å². The lowest BCUT2D eigenvalue weighted by Crippen LogP contribution is -2.23. The summed E-state index contributed by atoms with van der Waals surface area (Å²) in [4.78, 5) is 16.7. The van der Waals surface area contributed by atoms with Crippen molar-refractivity contribution in [2.24, 2.45) is 11.7 Å². The molecular weight excluding hydrogens is 220 g/mol. The molecule has 1 aliphatic rings. The van der Waals surface area contributed by atoms with Crippen molar-refractivity contribution >= 4 is 11.5 Å². The average Bonchev–Trinajstić information content (AvgIpc) is 2.76. The molecule has 1 saturated heterocycles.